The number of carbonyl (C=O) groups is 1. The third-order valence-corrected chi connectivity index (χ3v) is 2.71. The lowest BCUT2D eigenvalue weighted by atomic mass is 10.6. The van der Waals surface area contributed by atoms with Gasteiger partial charge in [-0.3, -0.25) is 4.79 Å². The Bertz CT molecular complexity index is 418. The quantitative estimate of drug-likeness (QED) is 0.629. The number of allylic oxidation sites excluding steroid dienone is 1. The average Bonchev–Trinajstić information content (AvgIpc) is 2.71. The van der Waals surface area contributed by atoms with Crippen LogP contribution in [0.15, 0.2) is 24.1 Å². The fraction of sp³-hybridized carbons (Fsp3) is 0.444. The van der Waals surface area contributed by atoms with E-state index in [-0.39, 0.29) is 5.75 Å². The van der Waals surface area contributed by atoms with Crippen LogP contribution in [0.5, 0.6) is 0 Å². The van der Waals surface area contributed by atoms with Crippen LogP contribution in [-0.2, 0) is 11.3 Å². The van der Waals surface area contributed by atoms with Gasteiger partial charge in [0.25, 0.3) is 0 Å². The van der Waals surface area contributed by atoms with E-state index < -0.39 is 18.6 Å². The second-order valence-electron chi connectivity index (χ2n) is 3.24. The van der Waals surface area contributed by atoms with E-state index in [4.69, 9.17) is 0 Å². The van der Waals surface area contributed by atoms with E-state index >= 15 is 0 Å². The molecule has 0 aliphatic heterocycles. The van der Waals surface area contributed by atoms with Crippen molar-refractivity contribution in [3.63, 3.8) is 0 Å². The van der Waals surface area contributed by atoms with Crippen molar-refractivity contribution in [3.05, 3.63) is 19.0 Å². The lowest BCUT2D eigenvalue weighted by Crippen LogP contribution is -2.34. The molecule has 1 aromatic heterocycles. The Morgan fingerprint density at radius 2 is 2.33 bits per heavy atom. The molecule has 100 valence electrons. The highest BCUT2D eigenvalue weighted by atomic mass is 32.2. The van der Waals surface area contributed by atoms with E-state index in [1.54, 1.807) is 16.0 Å². The smallest absolute Gasteiger partial charge is 0.346 e. The summed E-state index contributed by atoms with van der Waals surface area (Å²) in [6, 6.07) is 0. The molecule has 0 bridgehead atoms. The second-order valence-corrected chi connectivity index (χ2v) is 4.18. The number of nitrogens with one attached hydrogen (secondary N) is 1. The normalized spacial score (nSPS) is 11.3. The summed E-state index contributed by atoms with van der Waals surface area (Å²) in [5, 5.41) is 9.61. The molecule has 0 fully saturated rings. The van der Waals surface area contributed by atoms with Gasteiger partial charge < -0.3 is 9.88 Å². The predicted octanol–water partition coefficient (Wildman–Crippen LogP) is 1.23. The maximum absolute atomic E-state index is 11.8. The number of halogens is 3. The zero-order valence-electron chi connectivity index (χ0n) is 9.28. The van der Waals surface area contributed by atoms with Crippen molar-refractivity contribution in [2.24, 2.45) is 0 Å². The van der Waals surface area contributed by atoms with Crippen LogP contribution in [0, 0.1) is 0 Å². The topological polar surface area (TPSA) is 59.8 Å². The van der Waals surface area contributed by atoms with Gasteiger partial charge in [0.15, 0.2) is 5.16 Å². The largest absolute Gasteiger partial charge is 0.405 e. The van der Waals surface area contributed by atoms with E-state index in [1.165, 1.54) is 6.33 Å². The monoisotopic (exact) mass is 280 g/mol. The molecular weight excluding hydrogens is 269 g/mol. The molecule has 1 amide bonds. The van der Waals surface area contributed by atoms with Crippen molar-refractivity contribution in [2.45, 2.75) is 17.9 Å². The lowest BCUT2D eigenvalue weighted by molar-refractivity contribution is -0.136. The number of hydrogen-bond acceptors (Lipinski definition) is 4. The second kappa shape index (κ2) is 6.43. The molecule has 0 aliphatic rings. The lowest BCUT2D eigenvalue weighted by Gasteiger charge is -2.08. The number of thioether (sulfide) groups is 1. The van der Waals surface area contributed by atoms with Gasteiger partial charge in [0.2, 0.25) is 5.91 Å². The Hall–Kier alpha value is -1.51. The van der Waals surface area contributed by atoms with Crippen molar-refractivity contribution in [2.75, 3.05) is 12.3 Å². The third kappa shape index (κ3) is 5.21. The molecule has 1 heterocycles. The summed E-state index contributed by atoms with van der Waals surface area (Å²) < 4.78 is 37.1. The van der Waals surface area contributed by atoms with Crippen LogP contribution in [0.3, 0.4) is 0 Å². The minimum Gasteiger partial charge on any atom is -0.346 e. The molecule has 0 saturated carbocycles. The standard InChI is InChI=1S/C9H11F3N4OS/c1-2-3-16-6-14-15-8(16)18-4-7(17)13-5-9(10,11)12/h2,6H,1,3-5H2,(H,13,17). The molecule has 0 aliphatic carbocycles. The van der Waals surface area contributed by atoms with Crippen molar-refractivity contribution in [3.8, 4) is 0 Å². The summed E-state index contributed by atoms with van der Waals surface area (Å²) in [5.74, 6) is -0.850. The van der Waals surface area contributed by atoms with Crippen molar-refractivity contribution < 1.29 is 18.0 Å². The fourth-order valence-electron chi connectivity index (χ4n) is 1.00. The summed E-state index contributed by atoms with van der Waals surface area (Å²) >= 11 is 1.01. The molecule has 0 spiro atoms. The van der Waals surface area contributed by atoms with Crippen LogP contribution in [0.25, 0.3) is 0 Å². The number of aromatic nitrogens is 3. The molecule has 0 radical (unpaired) electrons. The van der Waals surface area contributed by atoms with Gasteiger partial charge in [-0.25, -0.2) is 0 Å². The van der Waals surface area contributed by atoms with E-state index in [2.05, 4.69) is 16.8 Å². The van der Waals surface area contributed by atoms with E-state index in [0.29, 0.717) is 11.7 Å². The predicted molar refractivity (Wildman–Crippen MR) is 60.0 cm³/mol. The summed E-state index contributed by atoms with van der Waals surface area (Å²) in [6.45, 7) is 2.68. The first kappa shape index (κ1) is 14.6. The Kier molecular flexibility index (Phi) is 5.20. The van der Waals surface area contributed by atoms with Gasteiger partial charge in [0, 0.05) is 6.54 Å². The number of hydrogen-bond donors (Lipinski definition) is 1. The third-order valence-electron chi connectivity index (χ3n) is 1.72. The summed E-state index contributed by atoms with van der Waals surface area (Å²) in [7, 11) is 0. The minimum absolute atomic E-state index is 0.147. The van der Waals surface area contributed by atoms with Crippen LogP contribution in [0.4, 0.5) is 13.2 Å². The molecule has 1 N–H and O–H groups in total. The molecule has 0 aromatic carbocycles. The van der Waals surface area contributed by atoms with Crippen LogP contribution < -0.4 is 5.32 Å². The van der Waals surface area contributed by atoms with E-state index in [9.17, 15) is 18.0 Å². The number of rotatable bonds is 6. The van der Waals surface area contributed by atoms with Gasteiger partial charge in [-0.1, -0.05) is 17.8 Å². The zero-order chi connectivity index (χ0) is 13.6. The molecule has 1 rings (SSSR count). The molecule has 0 saturated heterocycles. The summed E-state index contributed by atoms with van der Waals surface area (Å²) in [4.78, 5) is 11.1. The Morgan fingerprint density at radius 1 is 1.61 bits per heavy atom. The molecule has 0 atom stereocenters. The van der Waals surface area contributed by atoms with Crippen LogP contribution in [0.2, 0.25) is 0 Å². The van der Waals surface area contributed by atoms with Crippen molar-refractivity contribution >= 4 is 17.7 Å². The van der Waals surface area contributed by atoms with Gasteiger partial charge in [-0.2, -0.15) is 13.2 Å². The Balaban J connectivity index is 2.38. The Morgan fingerprint density at radius 3 is 2.94 bits per heavy atom. The average molecular weight is 280 g/mol. The highest BCUT2D eigenvalue weighted by Gasteiger charge is 2.27. The number of amides is 1. The summed E-state index contributed by atoms with van der Waals surface area (Å²) in [5.41, 5.74) is 0. The van der Waals surface area contributed by atoms with Gasteiger partial charge in [-0.15, -0.1) is 16.8 Å². The number of nitrogens with zero attached hydrogens (tertiary/aromatic N) is 3. The number of alkyl halides is 3. The molecule has 18 heavy (non-hydrogen) atoms. The number of carbonyl (C=O) groups excluding carboxylic acids is 1. The SMILES string of the molecule is C=CCn1cnnc1SCC(=O)NCC(F)(F)F. The first-order valence-electron chi connectivity index (χ1n) is 4.87. The fourth-order valence-corrected chi connectivity index (χ4v) is 1.76. The van der Waals surface area contributed by atoms with E-state index in [1.807, 2.05) is 0 Å². The van der Waals surface area contributed by atoms with Crippen molar-refractivity contribution in [1.82, 2.24) is 20.1 Å². The van der Waals surface area contributed by atoms with Gasteiger partial charge in [-0.05, 0) is 0 Å². The van der Waals surface area contributed by atoms with Crippen molar-refractivity contribution in [1.29, 1.82) is 0 Å². The molecule has 1 aromatic rings. The van der Waals surface area contributed by atoms with Crippen LogP contribution in [-0.4, -0.2) is 39.1 Å². The zero-order valence-corrected chi connectivity index (χ0v) is 10.1. The van der Waals surface area contributed by atoms with E-state index in [0.717, 1.165) is 11.8 Å². The Labute approximate surface area is 105 Å². The molecular formula is C9H11F3N4OS. The molecule has 0 unspecified atom stereocenters. The highest BCUT2D eigenvalue weighted by Crippen LogP contribution is 2.15. The van der Waals surface area contributed by atoms with Crippen LogP contribution in [0.1, 0.15) is 0 Å². The minimum atomic E-state index is -4.40. The first-order valence-corrected chi connectivity index (χ1v) is 5.86. The molecule has 9 heteroatoms. The van der Waals surface area contributed by atoms with Gasteiger partial charge in [0.05, 0.1) is 5.75 Å². The van der Waals surface area contributed by atoms with Gasteiger partial charge in [0.1, 0.15) is 12.9 Å². The first-order chi connectivity index (χ1) is 8.42. The molecule has 5 nitrogen and oxygen atoms in total. The van der Waals surface area contributed by atoms with Gasteiger partial charge >= 0.3 is 6.18 Å². The maximum atomic E-state index is 11.8. The van der Waals surface area contributed by atoms with Crippen LogP contribution >= 0.6 is 11.8 Å². The summed E-state index contributed by atoms with van der Waals surface area (Å²) in [6.07, 6.45) is -1.32. The maximum Gasteiger partial charge on any atom is 0.405 e. The highest BCUT2D eigenvalue weighted by molar-refractivity contribution is 7.99.